The van der Waals surface area contributed by atoms with E-state index in [0.29, 0.717) is 22.6 Å². The molecule has 5 N–H and O–H groups in total. The number of anilines is 2. The number of nitrogens with two attached hydrogens (primary N) is 2. The fourth-order valence-corrected chi connectivity index (χ4v) is 0.899. The molecule has 1 aromatic rings. The molecule has 1 rings (SSSR count). The minimum Gasteiger partial charge on any atom is -0.399 e. The summed E-state index contributed by atoms with van der Waals surface area (Å²) in [6.07, 6.45) is 0. The lowest BCUT2D eigenvalue weighted by molar-refractivity contribution is 1.45. The van der Waals surface area contributed by atoms with Crippen LogP contribution in [0.1, 0.15) is 26.3 Å². The van der Waals surface area contributed by atoms with Gasteiger partial charge in [-0.05, 0) is 25.1 Å². The van der Waals surface area contributed by atoms with Crippen LogP contribution in [0.2, 0.25) is 0 Å². The number of hydrogen-bond donors (Lipinski definition) is 3. The minimum absolute atomic E-state index is 0.440. The van der Waals surface area contributed by atoms with Crippen LogP contribution in [0.5, 0.6) is 0 Å². The summed E-state index contributed by atoms with van der Waals surface area (Å²) in [7, 11) is 0. The van der Waals surface area contributed by atoms with Gasteiger partial charge in [0.05, 0.1) is 0 Å². The Morgan fingerprint density at radius 1 is 1.23 bits per heavy atom. The van der Waals surface area contributed by atoms with Gasteiger partial charge in [0.25, 0.3) is 0 Å². The zero-order valence-corrected chi connectivity index (χ0v) is 8.39. The molecule has 0 unspecified atom stereocenters. The number of rotatable bonds is 1. The zero-order valence-electron chi connectivity index (χ0n) is 8.39. The molecule has 3 heteroatoms. The Bertz CT molecular complexity index is 292. The molecule has 0 aromatic heterocycles. The van der Waals surface area contributed by atoms with Crippen LogP contribution in [0.25, 0.3) is 0 Å². The van der Waals surface area contributed by atoms with Gasteiger partial charge in [-0.25, -0.2) is 0 Å². The molecule has 0 atom stereocenters. The number of nitrogen functional groups attached to an aromatic ring is 2. The molecule has 0 amide bonds. The van der Waals surface area contributed by atoms with Crippen LogP contribution < -0.4 is 11.5 Å². The van der Waals surface area contributed by atoms with Crippen LogP contribution in [-0.2, 0) is 0 Å². The Hall–Kier alpha value is -1.51. The molecule has 0 radical (unpaired) electrons. The Morgan fingerprint density at radius 3 is 2.15 bits per heavy atom. The van der Waals surface area contributed by atoms with E-state index in [1.165, 1.54) is 0 Å². The van der Waals surface area contributed by atoms with Crippen molar-refractivity contribution in [3.63, 3.8) is 0 Å². The van der Waals surface area contributed by atoms with Crippen LogP contribution in [0.15, 0.2) is 18.2 Å². The first-order chi connectivity index (χ1) is 6.11. The Labute approximate surface area is 79.3 Å². The molecule has 0 aliphatic rings. The van der Waals surface area contributed by atoms with Gasteiger partial charge in [-0.2, -0.15) is 0 Å². The summed E-state index contributed by atoms with van der Waals surface area (Å²) in [5.74, 6) is 0. The molecule has 0 heterocycles. The Balaban J connectivity index is 0.000000671. The van der Waals surface area contributed by atoms with Gasteiger partial charge in [-0.15, -0.1) is 0 Å². The fourth-order valence-electron chi connectivity index (χ4n) is 0.899. The summed E-state index contributed by atoms with van der Waals surface area (Å²) in [5.41, 5.74) is 13.5. The molecular formula is C10H17N3. The molecule has 3 nitrogen and oxygen atoms in total. The predicted octanol–water partition coefficient (Wildman–Crippen LogP) is 2.26. The highest BCUT2D eigenvalue weighted by atomic mass is 14.6. The van der Waals surface area contributed by atoms with E-state index in [1.54, 1.807) is 25.1 Å². The summed E-state index contributed by atoms with van der Waals surface area (Å²) in [6.45, 7) is 5.69. The average molecular weight is 179 g/mol. The summed E-state index contributed by atoms with van der Waals surface area (Å²) < 4.78 is 0. The summed E-state index contributed by atoms with van der Waals surface area (Å²) >= 11 is 0. The molecule has 0 aliphatic carbocycles. The highest BCUT2D eigenvalue weighted by Crippen LogP contribution is 2.15. The molecule has 0 saturated heterocycles. The fraction of sp³-hybridized carbons (Fsp3) is 0.300. The Kier molecular flexibility index (Phi) is 4.59. The van der Waals surface area contributed by atoms with Crippen molar-refractivity contribution in [1.29, 1.82) is 5.41 Å². The van der Waals surface area contributed by atoms with E-state index in [2.05, 4.69) is 0 Å². The topological polar surface area (TPSA) is 75.9 Å². The maximum Gasteiger partial charge on any atom is 0.0407 e. The molecule has 0 fully saturated rings. The molecule has 72 valence electrons. The SMILES string of the molecule is CC.CC(=N)c1cc(N)ccc1N. The second kappa shape index (κ2) is 5.19. The van der Waals surface area contributed by atoms with Gasteiger partial charge >= 0.3 is 0 Å². The van der Waals surface area contributed by atoms with Crippen molar-refractivity contribution in [2.75, 3.05) is 11.5 Å². The van der Waals surface area contributed by atoms with Crippen molar-refractivity contribution >= 4 is 17.1 Å². The number of hydrogen-bond acceptors (Lipinski definition) is 3. The normalized spacial score (nSPS) is 8.54. The molecule has 0 saturated carbocycles. The first-order valence-electron chi connectivity index (χ1n) is 4.32. The highest BCUT2D eigenvalue weighted by molar-refractivity contribution is 6.01. The minimum atomic E-state index is 0.440. The van der Waals surface area contributed by atoms with Crippen LogP contribution in [0, 0.1) is 5.41 Å². The maximum atomic E-state index is 7.34. The monoisotopic (exact) mass is 179 g/mol. The van der Waals surface area contributed by atoms with Crippen LogP contribution >= 0.6 is 0 Å². The van der Waals surface area contributed by atoms with Gasteiger partial charge in [0.1, 0.15) is 0 Å². The Morgan fingerprint density at radius 2 is 1.77 bits per heavy atom. The quantitative estimate of drug-likeness (QED) is 0.457. The lowest BCUT2D eigenvalue weighted by atomic mass is 10.1. The highest BCUT2D eigenvalue weighted by Gasteiger charge is 2.00. The van der Waals surface area contributed by atoms with E-state index in [1.807, 2.05) is 13.8 Å². The van der Waals surface area contributed by atoms with Crippen molar-refractivity contribution in [3.05, 3.63) is 23.8 Å². The third kappa shape index (κ3) is 3.15. The van der Waals surface area contributed by atoms with Gasteiger partial charge in [-0.3, -0.25) is 0 Å². The van der Waals surface area contributed by atoms with Crippen molar-refractivity contribution in [2.24, 2.45) is 0 Å². The van der Waals surface area contributed by atoms with E-state index in [-0.39, 0.29) is 0 Å². The number of nitrogens with one attached hydrogen (secondary N) is 1. The van der Waals surface area contributed by atoms with Gasteiger partial charge in [0.2, 0.25) is 0 Å². The van der Waals surface area contributed by atoms with E-state index >= 15 is 0 Å². The largest absolute Gasteiger partial charge is 0.399 e. The van der Waals surface area contributed by atoms with Crippen LogP contribution in [0.3, 0.4) is 0 Å². The maximum absolute atomic E-state index is 7.34. The third-order valence-corrected chi connectivity index (χ3v) is 1.48. The van der Waals surface area contributed by atoms with Gasteiger partial charge < -0.3 is 16.9 Å². The van der Waals surface area contributed by atoms with Crippen molar-refractivity contribution in [2.45, 2.75) is 20.8 Å². The van der Waals surface area contributed by atoms with Gasteiger partial charge in [0, 0.05) is 22.6 Å². The van der Waals surface area contributed by atoms with Crippen LogP contribution in [0.4, 0.5) is 11.4 Å². The van der Waals surface area contributed by atoms with Crippen molar-refractivity contribution in [3.8, 4) is 0 Å². The number of benzene rings is 1. The van der Waals surface area contributed by atoms with Crippen LogP contribution in [-0.4, -0.2) is 5.71 Å². The summed E-state index contributed by atoms with van der Waals surface area (Å²) in [4.78, 5) is 0. The molecule has 0 spiro atoms. The molecule has 13 heavy (non-hydrogen) atoms. The second-order valence-corrected chi connectivity index (χ2v) is 2.47. The molecular weight excluding hydrogens is 162 g/mol. The zero-order chi connectivity index (χ0) is 10.4. The third-order valence-electron chi connectivity index (χ3n) is 1.48. The van der Waals surface area contributed by atoms with E-state index in [0.717, 1.165) is 0 Å². The molecule has 0 bridgehead atoms. The molecule has 1 aromatic carbocycles. The van der Waals surface area contributed by atoms with E-state index in [4.69, 9.17) is 16.9 Å². The van der Waals surface area contributed by atoms with E-state index < -0.39 is 0 Å². The lowest BCUT2D eigenvalue weighted by Crippen LogP contribution is -2.00. The average Bonchev–Trinajstić information content (AvgIpc) is 2.12. The molecule has 0 aliphatic heterocycles. The van der Waals surface area contributed by atoms with Gasteiger partial charge in [0.15, 0.2) is 0 Å². The van der Waals surface area contributed by atoms with Crippen molar-refractivity contribution < 1.29 is 0 Å². The lowest BCUT2D eigenvalue weighted by Gasteiger charge is -2.03. The first kappa shape index (κ1) is 11.5. The summed E-state index contributed by atoms with van der Waals surface area (Å²) in [6, 6.07) is 5.14. The summed E-state index contributed by atoms with van der Waals surface area (Å²) in [5, 5.41) is 7.34. The smallest absolute Gasteiger partial charge is 0.0407 e. The second-order valence-electron chi connectivity index (χ2n) is 2.47. The van der Waals surface area contributed by atoms with Gasteiger partial charge in [-0.1, -0.05) is 13.8 Å². The standard InChI is InChI=1S/C8H11N3.C2H6/c1-5(9)7-4-6(10)2-3-8(7)11;1-2/h2-4,9H,10-11H2,1H3;1-2H3. The first-order valence-corrected chi connectivity index (χ1v) is 4.32. The van der Waals surface area contributed by atoms with E-state index in [9.17, 15) is 0 Å². The predicted molar refractivity (Wildman–Crippen MR) is 59.1 cm³/mol. The van der Waals surface area contributed by atoms with Crippen molar-refractivity contribution in [1.82, 2.24) is 0 Å².